The fraction of sp³-hybridized carbons (Fsp3) is 0.667. The van der Waals surface area contributed by atoms with Crippen LogP contribution in [0, 0.1) is 0 Å². The summed E-state index contributed by atoms with van der Waals surface area (Å²) < 4.78 is 10.5. The van der Waals surface area contributed by atoms with Crippen molar-refractivity contribution in [2.75, 3.05) is 19.7 Å². The number of hydrogen-bond acceptors (Lipinski definition) is 4. The van der Waals surface area contributed by atoms with Gasteiger partial charge in [-0.05, 0) is 19.3 Å². The Kier molecular flexibility index (Phi) is 3.56. The first-order chi connectivity index (χ1) is 8.56. The van der Waals surface area contributed by atoms with Crippen LogP contribution in [0.25, 0.3) is 0 Å². The lowest BCUT2D eigenvalue weighted by atomic mass is 9.78. The van der Waals surface area contributed by atoms with Gasteiger partial charge in [-0.3, -0.25) is 0 Å². The molecule has 6 nitrogen and oxygen atoms in total. The van der Waals surface area contributed by atoms with Gasteiger partial charge in [-0.25, -0.2) is 9.59 Å². The molecule has 1 saturated carbocycles. The first-order valence-electron chi connectivity index (χ1n) is 5.99. The SMILES string of the molecule is C=CCOC(=O)N1CC(C(=O)O)OC2(CCC2)C1. The number of aliphatic carboxylic acids is 1. The molecule has 0 radical (unpaired) electrons. The molecule has 1 unspecified atom stereocenters. The van der Waals surface area contributed by atoms with Gasteiger partial charge in [0, 0.05) is 0 Å². The van der Waals surface area contributed by atoms with Crippen LogP contribution in [0.1, 0.15) is 19.3 Å². The molecule has 1 amide bonds. The summed E-state index contributed by atoms with van der Waals surface area (Å²) in [7, 11) is 0. The van der Waals surface area contributed by atoms with Gasteiger partial charge in [-0.1, -0.05) is 12.7 Å². The number of ether oxygens (including phenoxy) is 2. The van der Waals surface area contributed by atoms with Crippen molar-refractivity contribution in [1.29, 1.82) is 0 Å². The van der Waals surface area contributed by atoms with Gasteiger partial charge >= 0.3 is 12.1 Å². The number of carboxylic acids is 1. The Balaban J connectivity index is 2.03. The van der Waals surface area contributed by atoms with Crippen molar-refractivity contribution in [3.63, 3.8) is 0 Å². The van der Waals surface area contributed by atoms with Gasteiger partial charge in [0.2, 0.25) is 0 Å². The van der Waals surface area contributed by atoms with Crippen LogP contribution in [-0.4, -0.2) is 53.5 Å². The summed E-state index contributed by atoms with van der Waals surface area (Å²) in [4.78, 5) is 24.2. The molecule has 0 aromatic rings. The van der Waals surface area contributed by atoms with Crippen molar-refractivity contribution in [3.8, 4) is 0 Å². The largest absolute Gasteiger partial charge is 0.479 e. The van der Waals surface area contributed by atoms with Crippen LogP contribution in [0.2, 0.25) is 0 Å². The molecule has 1 saturated heterocycles. The number of hydrogen-bond donors (Lipinski definition) is 1. The summed E-state index contributed by atoms with van der Waals surface area (Å²) in [6.45, 7) is 4.03. The van der Waals surface area contributed by atoms with Crippen molar-refractivity contribution in [3.05, 3.63) is 12.7 Å². The van der Waals surface area contributed by atoms with Gasteiger partial charge in [0.25, 0.3) is 0 Å². The van der Waals surface area contributed by atoms with Gasteiger partial charge in [0.1, 0.15) is 6.61 Å². The maximum Gasteiger partial charge on any atom is 0.410 e. The van der Waals surface area contributed by atoms with E-state index in [-0.39, 0.29) is 13.2 Å². The zero-order chi connectivity index (χ0) is 13.2. The van der Waals surface area contributed by atoms with E-state index in [9.17, 15) is 9.59 Å². The quantitative estimate of drug-likeness (QED) is 0.762. The molecule has 0 bridgehead atoms. The average Bonchev–Trinajstić information content (AvgIpc) is 2.33. The molecule has 1 aliphatic heterocycles. The van der Waals surface area contributed by atoms with Crippen LogP contribution in [0.3, 0.4) is 0 Å². The fourth-order valence-corrected chi connectivity index (χ4v) is 2.33. The van der Waals surface area contributed by atoms with E-state index < -0.39 is 23.8 Å². The summed E-state index contributed by atoms with van der Waals surface area (Å²) in [5, 5.41) is 9.05. The van der Waals surface area contributed by atoms with Crippen LogP contribution in [0.5, 0.6) is 0 Å². The number of carbonyl (C=O) groups excluding carboxylic acids is 1. The fourth-order valence-electron chi connectivity index (χ4n) is 2.33. The Morgan fingerprint density at radius 3 is 2.78 bits per heavy atom. The molecule has 1 N–H and O–H groups in total. The predicted molar refractivity (Wildman–Crippen MR) is 62.2 cm³/mol. The molecule has 1 aliphatic carbocycles. The molecule has 1 heterocycles. The van der Waals surface area contributed by atoms with Crippen molar-refractivity contribution in [1.82, 2.24) is 4.90 Å². The minimum atomic E-state index is -1.04. The summed E-state index contributed by atoms with van der Waals surface area (Å²) in [6, 6.07) is 0. The van der Waals surface area contributed by atoms with E-state index in [1.165, 1.54) is 11.0 Å². The first-order valence-corrected chi connectivity index (χ1v) is 5.99. The van der Waals surface area contributed by atoms with E-state index in [0.29, 0.717) is 6.54 Å². The molecular weight excluding hydrogens is 238 g/mol. The van der Waals surface area contributed by atoms with Crippen LogP contribution in [0.15, 0.2) is 12.7 Å². The lowest BCUT2D eigenvalue weighted by Crippen LogP contribution is -2.61. The third-order valence-electron chi connectivity index (χ3n) is 3.38. The Hall–Kier alpha value is -1.56. The van der Waals surface area contributed by atoms with Gasteiger partial charge in [-0.2, -0.15) is 0 Å². The molecule has 2 rings (SSSR count). The van der Waals surface area contributed by atoms with E-state index in [2.05, 4.69) is 6.58 Å². The number of morpholine rings is 1. The number of nitrogens with zero attached hydrogens (tertiary/aromatic N) is 1. The standard InChI is InChI=1S/C12H17NO5/c1-2-6-17-11(16)13-7-9(10(14)15)18-12(8-13)4-3-5-12/h2,9H,1,3-8H2,(H,14,15). The monoisotopic (exact) mass is 255 g/mol. The van der Waals surface area contributed by atoms with Crippen molar-refractivity contribution >= 4 is 12.1 Å². The van der Waals surface area contributed by atoms with E-state index >= 15 is 0 Å². The second-order valence-electron chi connectivity index (χ2n) is 4.73. The predicted octanol–water partition coefficient (Wildman–Crippen LogP) is 1.02. The molecule has 2 aliphatic rings. The highest BCUT2D eigenvalue weighted by molar-refractivity contribution is 5.75. The summed E-state index contributed by atoms with van der Waals surface area (Å²) in [5.41, 5.74) is -0.478. The second kappa shape index (κ2) is 4.97. The van der Waals surface area contributed by atoms with Crippen molar-refractivity contribution in [2.24, 2.45) is 0 Å². The van der Waals surface area contributed by atoms with Gasteiger partial charge in [0.05, 0.1) is 18.7 Å². The highest BCUT2D eigenvalue weighted by atomic mass is 16.6. The smallest absolute Gasteiger partial charge is 0.410 e. The molecule has 0 aromatic carbocycles. The molecule has 1 atom stereocenters. The Bertz CT molecular complexity index is 363. The second-order valence-corrected chi connectivity index (χ2v) is 4.73. The molecule has 1 spiro atoms. The van der Waals surface area contributed by atoms with E-state index in [0.717, 1.165) is 19.3 Å². The Morgan fingerprint density at radius 1 is 1.56 bits per heavy atom. The maximum atomic E-state index is 11.8. The van der Waals surface area contributed by atoms with Crippen LogP contribution < -0.4 is 0 Å². The lowest BCUT2D eigenvalue weighted by molar-refractivity contribution is -0.201. The highest BCUT2D eigenvalue weighted by Crippen LogP contribution is 2.40. The number of carboxylic acid groups (broad SMARTS) is 1. The van der Waals surface area contributed by atoms with E-state index in [4.69, 9.17) is 14.6 Å². The Labute approximate surface area is 105 Å². The molecule has 2 fully saturated rings. The van der Waals surface area contributed by atoms with E-state index in [1.54, 1.807) is 0 Å². The van der Waals surface area contributed by atoms with Crippen LogP contribution >= 0.6 is 0 Å². The highest BCUT2D eigenvalue weighted by Gasteiger charge is 2.48. The Morgan fingerprint density at radius 2 is 2.28 bits per heavy atom. The van der Waals surface area contributed by atoms with Crippen LogP contribution in [-0.2, 0) is 14.3 Å². The number of amides is 1. The number of carbonyl (C=O) groups is 2. The zero-order valence-corrected chi connectivity index (χ0v) is 10.1. The molecule has 18 heavy (non-hydrogen) atoms. The summed E-state index contributed by atoms with van der Waals surface area (Å²) >= 11 is 0. The molecule has 0 aromatic heterocycles. The topological polar surface area (TPSA) is 76.1 Å². The van der Waals surface area contributed by atoms with Gasteiger partial charge in [-0.15, -0.1) is 0 Å². The van der Waals surface area contributed by atoms with Crippen molar-refractivity contribution < 1.29 is 24.2 Å². The normalized spacial score (nSPS) is 25.3. The van der Waals surface area contributed by atoms with Gasteiger partial charge in [0.15, 0.2) is 6.10 Å². The number of rotatable bonds is 3. The third kappa shape index (κ3) is 2.48. The minimum Gasteiger partial charge on any atom is -0.479 e. The zero-order valence-electron chi connectivity index (χ0n) is 10.1. The minimum absolute atomic E-state index is 0.0348. The van der Waals surface area contributed by atoms with Crippen molar-refractivity contribution in [2.45, 2.75) is 31.0 Å². The summed E-state index contributed by atoms with van der Waals surface area (Å²) in [5.74, 6) is -1.04. The van der Waals surface area contributed by atoms with E-state index in [1.807, 2.05) is 0 Å². The van der Waals surface area contributed by atoms with Crippen LogP contribution in [0.4, 0.5) is 4.79 Å². The summed E-state index contributed by atoms with van der Waals surface area (Å²) in [6.07, 6.45) is 2.60. The molecule has 6 heteroatoms. The maximum absolute atomic E-state index is 11.8. The molecule has 100 valence electrons. The van der Waals surface area contributed by atoms with Gasteiger partial charge < -0.3 is 19.5 Å². The lowest BCUT2D eigenvalue weighted by Gasteiger charge is -2.49. The molecular formula is C12H17NO5. The first kappa shape index (κ1) is 12.9. The third-order valence-corrected chi connectivity index (χ3v) is 3.38. The average molecular weight is 255 g/mol.